The summed E-state index contributed by atoms with van der Waals surface area (Å²) in [5.74, 6) is 0.438. The molecule has 0 unspecified atom stereocenters. The predicted molar refractivity (Wildman–Crippen MR) is 94.9 cm³/mol. The van der Waals surface area contributed by atoms with Gasteiger partial charge in [-0.15, -0.1) is 11.3 Å². The third-order valence-electron chi connectivity index (χ3n) is 4.37. The molecule has 6 heteroatoms. The Kier molecular flexibility index (Phi) is 5.25. The minimum atomic E-state index is -0.123. The first-order chi connectivity index (χ1) is 11.6. The van der Waals surface area contributed by atoms with Crippen LogP contribution in [0.2, 0.25) is 0 Å². The van der Waals surface area contributed by atoms with E-state index in [1.165, 1.54) is 11.3 Å². The van der Waals surface area contributed by atoms with Crippen molar-refractivity contribution in [3.8, 4) is 10.6 Å². The monoisotopic (exact) mass is 343 g/mol. The molecule has 0 aliphatic carbocycles. The maximum Gasteiger partial charge on any atom is 0.270 e. The maximum atomic E-state index is 12.3. The number of hydrogen-bond donors (Lipinski definition) is 1. The van der Waals surface area contributed by atoms with Crippen LogP contribution in [0.5, 0.6) is 0 Å². The van der Waals surface area contributed by atoms with Gasteiger partial charge < -0.3 is 10.2 Å². The Labute approximate surface area is 145 Å². The summed E-state index contributed by atoms with van der Waals surface area (Å²) >= 11 is 1.48. The van der Waals surface area contributed by atoms with Gasteiger partial charge in [-0.25, -0.2) is 4.98 Å². The Morgan fingerprint density at radius 1 is 1.25 bits per heavy atom. The first kappa shape index (κ1) is 16.6. The Bertz CT molecular complexity index is 706. The predicted octanol–water partition coefficient (Wildman–Crippen LogP) is 2.80. The molecule has 1 aromatic heterocycles. The topological polar surface area (TPSA) is 62.3 Å². The van der Waals surface area contributed by atoms with Gasteiger partial charge in [0.1, 0.15) is 10.7 Å². The lowest BCUT2D eigenvalue weighted by molar-refractivity contribution is -0.130. The smallest absolute Gasteiger partial charge is 0.270 e. The van der Waals surface area contributed by atoms with Gasteiger partial charge in [0.05, 0.1) is 0 Å². The van der Waals surface area contributed by atoms with Crippen molar-refractivity contribution in [2.24, 2.45) is 5.92 Å². The van der Waals surface area contributed by atoms with E-state index in [-0.39, 0.29) is 11.8 Å². The second-order valence-electron chi connectivity index (χ2n) is 6.06. The average Bonchev–Trinajstić information content (AvgIpc) is 3.11. The molecular formula is C18H21N3O2S. The van der Waals surface area contributed by atoms with Gasteiger partial charge in [-0.05, 0) is 18.8 Å². The van der Waals surface area contributed by atoms with E-state index in [0.717, 1.165) is 36.5 Å². The van der Waals surface area contributed by atoms with E-state index in [4.69, 9.17) is 0 Å². The van der Waals surface area contributed by atoms with Crippen molar-refractivity contribution < 1.29 is 9.59 Å². The SMILES string of the molecule is CC(=O)N1CCC(CNC(=O)c2csc(-c3ccccc3)n2)CC1. The van der Waals surface area contributed by atoms with Crippen LogP contribution in [0.1, 0.15) is 30.3 Å². The lowest BCUT2D eigenvalue weighted by Gasteiger charge is -2.31. The summed E-state index contributed by atoms with van der Waals surface area (Å²) < 4.78 is 0. The molecule has 1 fully saturated rings. The largest absolute Gasteiger partial charge is 0.350 e. The van der Waals surface area contributed by atoms with Crippen LogP contribution in [0.3, 0.4) is 0 Å². The van der Waals surface area contributed by atoms with Crippen LogP contribution in [0, 0.1) is 5.92 Å². The first-order valence-electron chi connectivity index (χ1n) is 8.18. The number of benzene rings is 1. The average molecular weight is 343 g/mol. The van der Waals surface area contributed by atoms with Crippen molar-refractivity contribution in [3.63, 3.8) is 0 Å². The van der Waals surface area contributed by atoms with E-state index >= 15 is 0 Å². The molecule has 0 atom stereocenters. The Morgan fingerprint density at radius 2 is 1.96 bits per heavy atom. The summed E-state index contributed by atoms with van der Waals surface area (Å²) in [6, 6.07) is 9.86. The summed E-state index contributed by atoms with van der Waals surface area (Å²) in [4.78, 5) is 29.9. The molecule has 1 aliphatic rings. The van der Waals surface area contributed by atoms with Crippen LogP contribution < -0.4 is 5.32 Å². The number of hydrogen-bond acceptors (Lipinski definition) is 4. The van der Waals surface area contributed by atoms with Gasteiger partial charge in [0.15, 0.2) is 0 Å². The summed E-state index contributed by atoms with van der Waals surface area (Å²) in [7, 11) is 0. The normalized spacial score (nSPS) is 15.3. The van der Waals surface area contributed by atoms with E-state index in [1.807, 2.05) is 35.2 Å². The molecule has 126 valence electrons. The number of rotatable bonds is 4. The molecule has 1 saturated heterocycles. The summed E-state index contributed by atoms with van der Waals surface area (Å²) in [5.41, 5.74) is 1.50. The number of aromatic nitrogens is 1. The number of thiazole rings is 1. The molecule has 0 saturated carbocycles. The van der Waals surface area contributed by atoms with Crippen LogP contribution in [-0.2, 0) is 4.79 Å². The number of nitrogens with one attached hydrogen (secondary N) is 1. The fraction of sp³-hybridized carbons (Fsp3) is 0.389. The maximum absolute atomic E-state index is 12.3. The van der Waals surface area contributed by atoms with Crippen molar-refractivity contribution in [3.05, 3.63) is 41.4 Å². The summed E-state index contributed by atoms with van der Waals surface area (Å²) in [6.45, 7) is 3.81. The fourth-order valence-electron chi connectivity index (χ4n) is 2.87. The number of likely N-dealkylation sites (tertiary alicyclic amines) is 1. The minimum absolute atomic E-state index is 0.123. The Balaban J connectivity index is 1.51. The Morgan fingerprint density at radius 3 is 2.62 bits per heavy atom. The molecule has 3 rings (SSSR count). The van der Waals surface area contributed by atoms with E-state index in [0.29, 0.717) is 18.2 Å². The van der Waals surface area contributed by atoms with E-state index in [9.17, 15) is 9.59 Å². The Hall–Kier alpha value is -2.21. The van der Waals surface area contributed by atoms with Crippen LogP contribution in [0.4, 0.5) is 0 Å². The highest BCUT2D eigenvalue weighted by Gasteiger charge is 2.21. The molecule has 1 N–H and O–H groups in total. The highest BCUT2D eigenvalue weighted by atomic mass is 32.1. The minimum Gasteiger partial charge on any atom is -0.350 e. The van der Waals surface area contributed by atoms with Gasteiger partial charge in [-0.2, -0.15) is 0 Å². The molecule has 24 heavy (non-hydrogen) atoms. The molecule has 2 heterocycles. The molecule has 1 aromatic carbocycles. The summed E-state index contributed by atoms with van der Waals surface area (Å²) in [5, 5.41) is 5.64. The van der Waals surface area contributed by atoms with E-state index in [2.05, 4.69) is 10.3 Å². The van der Waals surface area contributed by atoms with Crippen LogP contribution >= 0.6 is 11.3 Å². The standard InChI is InChI=1S/C18H21N3O2S/c1-13(22)21-9-7-14(8-10-21)11-19-17(23)16-12-24-18(20-16)15-5-3-2-4-6-15/h2-6,12,14H,7-11H2,1H3,(H,19,23). The molecule has 0 bridgehead atoms. The van der Waals surface area contributed by atoms with Crippen molar-refractivity contribution in [2.45, 2.75) is 19.8 Å². The lowest BCUT2D eigenvalue weighted by Crippen LogP contribution is -2.40. The number of carbonyl (C=O) groups excluding carboxylic acids is 2. The highest BCUT2D eigenvalue weighted by molar-refractivity contribution is 7.13. The van der Waals surface area contributed by atoms with Gasteiger partial charge >= 0.3 is 0 Å². The van der Waals surface area contributed by atoms with Crippen molar-refractivity contribution >= 4 is 23.2 Å². The fourth-order valence-corrected chi connectivity index (χ4v) is 3.68. The molecular weight excluding hydrogens is 322 g/mol. The second-order valence-corrected chi connectivity index (χ2v) is 6.92. The molecule has 5 nitrogen and oxygen atoms in total. The van der Waals surface area contributed by atoms with Crippen molar-refractivity contribution in [1.29, 1.82) is 0 Å². The van der Waals surface area contributed by atoms with Gasteiger partial charge in [0.2, 0.25) is 5.91 Å². The molecule has 0 spiro atoms. The molecule has 1 aliphatic heterocycles. The summed E-state index contributed by atoms with van der Waals surface area (Å²) in [6.07, 6.45) is 1.87. The first-order valence-corrected chi connectivity index (χ1v) is 9.06. The van der Waals surface area contributed by atoms with Crippen molar-refractivity contribution in [2.75, 3.05) is 19.6 Å². The zero-order valence-corrected chi connectivity index (χ0v) is 14.5. The van der Waals surface area contributed by atoms with Crippen molar-refractivity contribution in [1.82, 2.24) is 15.2 Å². The van der Waals surface area contributed by atoms with Gasteiger partial charge in [0, 0.05) is 37.5 Å². The molecule has 2 aromatic rings. The number of carbonyl (C=O) groups is 2. The van der Waals surface area contributed by atoms with Gasteiger partial charge in [-0.3, -0.25) is 9.59 Å². The van der Waals surface area contributed by atoms with Crippen LogP contribution in [0.15, 0.2) is 35.7 Å². The van der Waals surface area contributed by atoms with E-state index < -0.39 is 0 Å². The second kappa shape index (κ2) is 7.57. The molecule has 0 radical (unpaired) electrons. The van der Waals surface area contributed by atoms with Crippen LogP contribution in [0.25, 0.3) is 10.6 Å². The van der Waals surface area contributed by atoms with Gasteiger partial charge in [0.25, 0.3) is 5.91 Å². The van der Waals surface area contributed by atoms with E-state index in [1.54, 1.807) is 12.3 Å². The zero-order valence-electron chi connectivity index (χ0n) is 13.7. The molecule has 2 amide bonds. The highest BCUT2D eigenvalue weighted by Crippen LogP contribution is 2.23. The van der Waals surface area contributed by atoms with Crippen LogP contribution in [-0.4, -0.2) is 41.3 Å². The zero-order chi connectivity index (χ0) is 16.9. The van der Waals surface area contributed by atoms with Gasteiger partial charge in [-0.1, -0.05) is 30.3 Å². The number of piperidine rings is 1. The quantitative estimate of drug-likeness (QED) is 0.928. The third kappa shape index (κ3) is 4.00. The lowest BCUT2D eigenvalue weighted by atomic mass is 9.97. The number of amides is 2. The number of nitrogens with zero attached hydrogens (tertiary/aromatic N) is 2. The third-order valence-corrected chi connectivity index (χ3v) is 5.26.